The van der Waals surface area contributed by atoms with E-state index in [0.717, 1.165) is 11.0 Å². The van der Waals surface area contributed by atoms with Crippen LogP contribution in [0.5, 0.6) is 5.75 Å². The molecule has 8 nitrogen and oxygen atoms in total. The van der Waals surface area contributed by atoms with Crippen molar-refractivity contribution in [3.8, 4) is 5.75 Å². The van der Waals surface area contributed by atoms with Crippen LogP contribution >= 0.6 is 0 Å². The van der Waals surface area contributed by atoms with Gasteiger partial charge in [0.05, 0.1) is 17.6 Å². The molecule has 28 heavy (non-hydrogen) atoms. The van der Waals surface area contributed by atoms with Crippen LogP contribution in [0, 0.1) is 0 Å². The lowest BCUT2D eigenvalue weighted by Gasteiger charge is -2.08. The van der Waals surface area contributed by atoms with Crippen molar-refractivity contribution in [1.29, 1.82) is 0 Å². The Morgan fingerprint density at radius 1 is 1.04 bits per heavy atom. The van der Waals surface area contributed by atoms with E-state index in [-0.39, 0.29) is 24.4 Å². The third kappa shape index (κ3) is 3.90. The number of anilines is 1. The third-order valence-electron chi connectivity index (χ3n) is 4.04. The maximum atomic E-state index is 12.5. The van der Waals surface area contributed by atoms with Crippen molar-refractivity contribution in [3.05, 3.63) is 82.8 Å². The molecular weight excluding hydrogens is 358 g/mol. The molecule has 0 unspecified atom stereocenters. The number of H-pyrrole nitrogens is 1. The van der Waals surface area contributed by atoms with Crippen LogP contribution in [0.2, 0.25) is 0 Å². The number of nitrogens with one attached hydrogen (secondary N) is 2. The van der Waals surface area contributed by atoms with Gasteiger partial charge in [-0.1, -0.05) is 30.3 Å². The van der Waals surface area contributed by atoms with E-state index in [2.05, 4.69) is 20.4 Å². The van der Waals surface area contributed by atoms with Crippen molar-refractivity contribution in [1.82, 2.24) is 19.7 Å². The quantitative estimate of drug-likeness (QED) is 0.539. The monoisotopic (exact) mass is 375 g/mol. The van der Waals surface area contributed by atoms with Gasteiger partial charge in [0.1, 0.15) is 18.1 Å². The molecule has 2 aromatic carbocycles. The van der Waals surface area contributed by atoms with Crippen molar-refractivity contribution in [2.24, 2.45) is 0 Å². The Balaban J connectivity index is 1.44. The van der Waals surface area contributed by atoms with Gasteiger partial charge in [-0.3, -0.25) is 14.9 Å². The zero-order chi connectivity index (χ0) is 19.3. The van der Waals surface area contributed by atoms with Crippen LogP contribution in [0.4, 0.5) is 5.95 Å². The largest absolute Gasteiger partial charge is 0.492 e. The van der Waals surface area contributed by atoms with Gasteiger partial charge in [-0.05, 0) is 30.3 Å². The number of hydrogen-bond donors (Lipinski definition) is 2. The van der Waals surface area contributed by atoms with Crippen molar-refractivity contribution >= 4 is 22.9 Å². The molecule has 140 valence electrons. The lowest BCUT2D eigenvalue weighted by molar-refractivity contribution is 0.101. The zero-order valence-corrected chi connectivity index (χ0v) is 14.8. The molecule has 0 fully saturated rings. The Hall–Kier alpha value is -3.94. The Morgan fingerprint density at radius 3 is 2.64 bits per heavy atom. The number of aromatic amines is 1. The number of fused-ring (bicyclic) bond motifs is 1. The topological polar surface area (TPSA) is 102 Å². The number of carbonyl (C=O) groups is 1. The molecule has 0 spiro atoms. The van der Waals surface area contributed by atoms with Crippen molar-refractivity contribution in [2.45, 2.75) is 6.54 Å². The minimum atomic E-state index is -0.461. The Labute approximate surface area is 159 Å². The van der Waals surface area contributed by atoms with Crippen LogP contribution in [0.25, 0.3) is 11.0 Å². The van der Waals surface area contributed by atoms with Crippen LogP contribution in [0.1, 0.15) is 10.5 Å². The predicted octanol–water partition coefficient (Wildman–Crippen LogP) is 2.45. The minimum absolute atomic E-state index is 0.111. The van der Waals surface area contributed by atoms with Crippen molar-refractivity contribution in [3.63, 3.8) is 0 Å². The maximum Gasteiger partial charge on any atom is 0.278 e. The summed E-state index contributed by atoms with van der Waals surface area (Å²) < 4.78 is 6.78. The van der Waals surface area contributed by atoms with E-state index in [1.165, 1.54) is 16.8 Å². The standard InChI is InChI=1S/C20H17N5O3/c26-18-11-10-17(24-25(18)12-13-28-14-6-2-1-3-7-14)19(27)23-20-21-15-8-4-5-9-16(15)22-20/h1-11H,12-13H2,(H2,21,22,23,27). The van der Waals surface area contributed by atoms with E-state index >= 15 is 0 Å². The fourth-order valence-electron chi connectivity index (χ4n) is 2.68. The molecule has 0 bridgehead atoms. The van der Waals surface area contributed by atoms with Gasteiger partial charge in [0.15, 0.2) is 0 Å². The zero-order valence-electron chi connectivity index (χ0n) is 14.8. The summed E-state index contributed by atoms with van der Waals surface area (Å²) in [5.41, 5.74) is 1.36. The van der Waals surface area contributed by atoms with Gasteiger partial charge in [0.2, 0.25) is 5.95 Å². The van der Waals surface area contributed by atoms with E-state index < -0.39 is 5.91 Å². The summed E-state index contributed by atoms with van der Waals surface area (Å²) in [6.07, 6.45) is 0. The summed E-state index contributed by atoms with van der Waals surface area (Å²) in [6, 6.07) is 19.4. The normalized spacial score (nSPS) is 10.7. The average molecular weight is 375 g/mol. The van der Waals surface area contributed by atoms with Crippen LogP contribution in [0.3, 0.4) is 0 Å². The number of benzene rings is 2. The molecule has 0 aliphatic carbocycles. The Bertz CT molecular complexity index is 1130. The second-order valence-electron chi connectivity index (χ2n) is 6.00. The van der Waals surface area contributed by atoms with Crippen molar-refractivity contribution < 1.29 is 9.53 Å². The Kier molecular flexibility index (Phi) is 4.83. The second kappa shape index (κ2) is 7.75. The van der Waals surface area contributed by atoms with E-state index in [4.69, 9.17) is 4.74 Å². The molecule has 2 aromatic heterocycles. The van der Waals surface area contributed by atoms with Gasteiger partial charge in [0.25, 0.3) is 11.5 Å². The molecule has 0 atom stereocenters. The van der Waals surface area contributed by atoms with E-state index in [9.17, 15) is 9.59 Å². The molecule has 0 aliphatic heterocycles. The predicted molar refractivity (Wildman–Crippen MR) is 104 cm³/mol. The molecule has 4 aromatic rings. The van der Waals surface area contributed by atoms with Crippen LogP contribution in [0.15, 0.2) is 71.5 Å². The number of imidazole rings is 1. The van der Waals surface area contributed by atoms with Gasteiger partial charge < -0.3 is 9.72 Å². The molecule has 0 saturated heterocycles. The number of carbonyl (C=O) groups excluding carboxylic acids is 1. The van der Waals surface area contributed by atoms with E-state index in [1.807, 2.05) is 54.6 Å². The molecule has 0 radical (unpaired) electrons. The number of ether oxygens (including phenoxy) is 1. The maximum absolute atomic E-state index is 12.5. The number of para-hydroxylation sites is 3. The van der Waals surface area contributed by atoms with Crippen LogP contribution in [-0.4, -0.2) is 32.3 Å². The third-order valence-corrected chi connectivity index (χ3v) is 4.04. The first kappa shape index (κ1) is 17.5. The molecule has 1 amide bonds. The Morgan fingerprint density at radius 2 is 1.82 bits per heavy atom. The lowest BCUT2D eigenvalue weighted by atomic mass is 10.3. The molecule has 8 heteroatoms. The first-order valence-corrected chi connectivity index (χ1v) is 8.71. The number of hydrogen-bond acceptors (Lipinski definition) is 5. The number of rotatable bonds is 6. The highest BCUT2D eigenvalue weighted by atomic mass is 16.5. The number of nitrogens with zero attached hydrogens (tertiary/aromatic N) is 3. The summed E-state index contributed by atoms with van der Waals surface area (Å²) in [6.45, 7) is 0.477. The van der Waals surface area contributed by atoms with E-state index in [1.54, 1.807) is 0 Å². The first-order chi connectivity index (χ1) is 13.7. The summed E-state index contributed by atoms with van der Waals surface area (Å²) in [4.78, 5) is 31.8. The summed E-state index contributed by atoms with van der Waals surface area (Å²) in [7, 11) is 0. The number of aromatic nitrogens is 4. The first-order valence-electron chi connectivity index (χ1n) is 8.71. The molecular formula is C20H17N5O3. The second-order valence-corrected chi connectivity index (χ2v) is 6.00. The van der Waals surface area contributed by atoms with Gasteiger partial charge >= 0.3 is 0 Å². The van der Waals surface area contributed by atoms with E-state index in [0.29, 0.717) is 11.7 Å². The van der Waals surface area contributed by atoms with Gasteiger partial charge in [-0.2, -0.15) is 5.10 Å². The lowest BCUT2D eigenvalue weighted by Crippen LogP contribution is -2.28. The highest BCUT2D eigenvalue weighted by molar-refractivity contribution is 6.02. The molecule has 0 saturated carbocycles. The molecule has 0 aliphatic rings. The summed E-state index contributed by atoms with van der Waals surface area (Å²) in [5, 5.41) is 6.79. The number of amides is 1. The van der Waals surface area contributed by atoms with Gasteiger partial charge in [-0.15, -0.1) is 0 Å². The summed E-state index contributed by atoms with van der Waals surface area (Å²) in [5.74, 6) is 0.560. The van der Waals surface area contributed by atoms with Gasteiger partial charge in [0, 0.05) is 6.07 Å². The fourth-order valence-corrected chi connectivity index (χ4v) is 2.68. The highest BCUT2D eigenvalue weighted by Crippen LogP contribution is 2.13. The van der Waals surface area contributed by atoms with Crippen molar-refractivity contribution in [2.75, 3.05) is 11.9 Å². The average Bonchev–Trinajstić information content (AvgIpc) is 3.12. The van der Waals surface area contributed by atoms with Gasteiger partial charge in [-0.25, -0.2) is 9.67 Å². The molecule has 2 heterocycles. The van der Waals surface area contributed by atoms with Crippen LogP contribution in [-0.2, 0) is 6.54 Å². The minimum Gasteiger partial charge on any atom is -0.492 e. The summed E-state index contributed by atoms with van der Waals surface area (Å²) >= 11 is 0. The molecule has 2 N–H and O–H groups in total. The smallest absolute Gasteiger partial charge is 0.278 e. The SMILES string of the molecule is O=C(Nc1nc2ccccc2[nH]1)c1ccc(=O)n(CCOc2ccccc2)n1. The highest BCUT2D eigenvalue weighted by Gasteiger charge is 2.12. The van der Waals surface area contributed by atoms with Crippen LogP contribution < -0.4 is 15.6 Å². The fraction of sp³-hybridized carbons (Fsp3) is 0.100. The molecule has 4 rings (SSSR count).